The molecular formula is C11H10ClNO3S. The average Bonchev–Trinajstić information content (AvgIpc) is 2.27. The molecule has 0 spiro atoms. The van der Waals surface area contributed by atoms with Gasteiger partial charge >= 0.3 is 0 Å². The van der Waals surface area contributed by atoms with E-state index in [1.165, 1.54) is 0 Å². The van der Waals surface area contributed by atoms with E-state index in [1.54, 1.807) is 6.20 Å². The van der Waals surface area contributed by atoms with Gasteiger partial charge in [0, 0.05) is 16.1 Å². The van der Waals surface area contributed by atoms with Crippen LogP contribution < -0.4 is 4.74 Å². The summed E-state index contributed by atoms with van der Waals surface area (Å²) in [6.07, 6.45) is 1.56. The van der Waals surface area contributed by atoms with Crippen LogP contribution in [0.3, 0.4) is 0 Å². The third-order valence-electron chi connectivity index (χ3n) is 2.16. The van der Waals surface area contributed by atoms with Crippen LogP contribution in [0.5, 0.6) is 5.75 Å². The van der Waals surface area contributed by atoms with Gasteiger partial charge in [-0.15, -0.1) is 0 Å². The van der Waals surface area contributed by atoms with Crippen molar-refractivity contribution in [2.24, 2.45) is 0 Å². The van der Waals surface area contributed by atoms with E-state index in [-0.39, 0.29) is 12.4 Å². The molecule has 0 amide bonds. The number of rotatable bonds is 4. The van der Waals surface area contributed by atoms with E-state index in [0.717, 1.165) is 10.9 Å². The van der Waals surface area contributed by atoms with Crippen molar-refractivity contribution in [3.63, 3.8) is 0 Å². The van der Waals surface area contributed by atoms with Gasteiger partial charge in [-0.25, -0.2) is 8.42 Å². The summed E-state index contributed by atoms with van der Waals surface area (Å²) in [7, 11) is 1.56. The van der Waals surface area contributed by atoms with Gasteiger partial charge in [0.2, 0.25) is 9.05 Å². The summed E-state index contributed by atoms with van der Waals surface area (Å²) in [5.41, 5.74) is 0.866. The maximum absolute atomic E-state index is 10.7. The number of fused-ring (bicyclic) bond motifs is 1. The van der Waals surface area contributed by atoms with E-state index in [9.17, 15) is 8.42 Å². The Morgan fingerprint density at radius 2 is 2.06 bits per heavy atom. The van der Waals surface area contributed by atoms with Crippen LogP contribution in [0.4, 0.5) is 0 Å². The highest BCUT2D eigenvalue weighted by Crippen LogP contribution is 2.17. The first-order valence-electron chi connectivity index (χ1n) is 4.94. The van der Waals surface area contributed by atoms with Crippen molar-refractivity contribution in [1.82, 2.24) is 4.98 Å². The molecular weight excluding hydrogens is 262 g/mol. The first-order chi connectivity index (χ1) is 8.04. The van der Waals surface area contributed by atoms with Gasteiger partial charge in [0.25, 0.3) is 0 Å². The summed E-state index contributed by atoms with van der Waals surface area (Å²) in [4.78, 5) is 4.19. The number of benzene rings is 1. The fraction of sp³-hybridized carbons (Fsp3) is 0.182. The van der Waals surface area contributed by atoms with Crippen molar-refractivity contribution < 1.29 is 13.2 Å². The number of hydrogen-bond acceptors (Lipinski definition) is 4. The summed E-state index contributed by atoms with van der Waals surface area (Å²) in [6, 6.07) is 9.41. The maximum Gasteiger partial charge on any atom is 0.235 e. The van der Waals surface area contributed by atoms with Gasteiger partial charge in [0.05, 0.1) is 17.5 Å². The molecule has 1 aromatic carbocycles. The molecule has 17 heavy (non-hydrogen) atoms. The molecule has 0 atom stereocenters. The molecule has 0 aliphatic rings. The van der Waals surface area contributed by atoms with Gasteiger partial charge in [0.15, 0.2) is 0 Å². The van der Waals surface area contributed by atoms with Crippen LogP contribution >= 0.6 is 10.7 Å². The van der Waals surface area contributed by atoms with Crippen LogP contribution in [0.2, 0.25) is 0 Å². The maximum atomic E-state index is 10.7. The molecule has 0 saturated carbocycles. The van der Waals surface area contributed by atoms with E-state index >= 15 is 0 Å². The zero-order chi connectivity index (χ0) is 12.3. The molecule has 0 unspecified atom stereocenters. The molecule has 0 aliphatic heterocycles. The highest BCUT2D eigenvalue weighted by atomic mass is 35.7. The van der Waals surface area contributed by atoms with Crippen LogP contribution in [0.15, 0.2) is 36.5 Å². The second-order valence-electron chi connectivity index (χ2n) is 3.46. The molecule has 2 rings (SSSR count). The first-order valence-corrected chi connectivity index (χ1v) is 7.42. The van der Waals surface area contributed by atoms with E-state index in [1.807, 2.05) is 30.3 Å². The number of hydrogen-bond donors (Lipinski definition) is 0. The topological polar surface area (TPSA) is 56.3 Å². The smallest absolute Gasteiger partial charge is 0.235 e. The third kappa shape index (κ3) is 3.57. The van der Waals surface area contributed by atoms with E-state index in [2.05, 4.69) is 4.98 Å². The Labute approximate surface area is 104 Å². The van der Waals surface area contributed by atoms with Crippen LogP contribution in [-0.4, -0.2) is 25.8 Å². The Morgan fingerprint density at radius 1 is 1.29 bits per heavy atom. The molecule has 0 bridgehead atoms. The summed E-state index contributed by atoms with van der Waals surface area (Å²) >= 11 is 0. The summed E-state index contributed by atoms with van der Waals surface area (Å²) in [5.74, 6) is 0.311. The minimum atomic E-state index is -3.51. The Balaban J connectivity index is 2.09. The molecule has 4 nitrogen and oxygen atoms in total. The summed E-state index contributed by atoms with van der Waals surface area (Å²) < 4.78 is 26.7. The number of pyridine rings is 1. The molecule has 0 aliphatic carbocycles. The number of nitrogens with zero attached hydrogens (tertiary/aromatic N) is 1. The fourth-order valence-corrected chi connectivity index (χ4v) is 1.86. The van der Waals surface area contributed by atoms with Crippen molar-refractivity contribution in [2.75, 3.05) is 12.4 Å². The van der Waals surface area contributed by atoms with E-state index in [0.29, 0.717) is 5.75 Å². The largest absolute Gasteiger partial charge is 0.491 e. The van der Waals surface area contributed by atoms with Gasteiger partial charge in [0.1, 0.15) is 12.4 Å². The highest BCUT2D eigenvalue weighted by Gasteiger charge is 2.05. The van der Waals surface area contributed by atoms with Gasteiger partial charge in [-0.05, 0) is 12.1 Å². The molecule has 1 heterocycles. The minimum Gasteiger partial charge on any atom is -0.491 e. The Kier molecular flexibility index (Phi) is 3.49. The molecule has 0 saturated heterocycles. The second kappa shape index (κ2) is 4.89. The van der Waals surface area contributed by atoms with Gasteiger partial charge in [-0.2, -0.15) is 0 Å². The van der Waals surface area contributed by atoms with Gasteiger partial charge in [-0.3, -0.25) is 4.98 Å². The van der Waals surface area contributed by atoms with Crippen molar-refractivity contribution >= 4 is 30.6 Å². The van der Waals surface area contributed by atoms with Gasteiger partial charge in [-0.1, -0.05) is 18.2 Å². The van der Waals surface area contributed by atoms with E-state index in [4.69, 9.17) is 15.4 Å². The summed E-state index contributed by atoms with van der Waals surface area (Å²) in [6.45, 7) is 0.0197. The lowest BCUT2D eigenvalue weighted by molar-refractivity contribution is 0.341. The monoisotopic (exact) mass is 271 g/mol. The van der Waals surface area contributed by atoms with Crippen LogP contribution in [-0.2, 0) is 9.05 Å². The van der Waals surface area contributed by atoms with Crippen LogP contribution in [0.25, 0.3) is 10.9 Å². The lowest BCUT2D eigenvalue weighted by Gasteiger charge is -2.05. The number of para-hydroxylation sites is 1. The molecule has 6 heteroatoms. The minimum absolute atomic E-state index is 0.0197. The van der Waals surface area contributed by atoms with Crippen molar-refractivity contribution in [3.8, 4) is 5.75 Å². The van der Waals surface area contributed by atoms with Crippen molar-refractivity contribution in [3.05, 3.63) is 36.5 Å². The normalized spacial score (nSPS) is 11.6. The van der Waals surface area contributed by atoms with Crippen molar-refractivity contribution in [2.45, 2.75) is 0 Å². The lowest BCUT2D eigenvalue weighted by atomic mass is 10.2. The first kappa shape index (κ1) is 12.1. The second-order valence-corrected chi connectivity index (χ2v) is 6.35. The Morgan fingerprint density at radius 3 is 2.82 bits per heavy atom. The zero-order valence-corrected chi connectivity index (χ0v) is 10.4. The highest BCUT2D eigenvalue weighted by molar-refractivity contribution is 8.13. The molecule has 90 valence electrons. The number of ether oxygens (including phenoxy) is 1. The zero-order valence-electron chi connectivity index (χ0n) is 8.84. The predicted octanol–water partition coefficient (Wildman–Crippen LogP) is 2.18. The lowest BCUT2D eigenvalue weighted by Crippen LogP contribution is -2.08. The fourth-order valence-electron chi connectivity index (χ4n) is 1.39. The Bertz CT molecular complexity index is 627. The number of halogens is 1. The number of aromatic nitrogens is 1. The quantitative estimate of drug-likeness (QED) is 0.800. The predicted molar refractivity (Wildman–Crippen MR) is 66.9 cm³/mol. The molecule has 0 fully saturated rings. The standard InChI is InChI=1S/C11H10ClNO3S/c12-17(14,15)6-5-16-10-7-9-3-1-2-4-11(9)13-8-10/h1-4,7-8H,5-6H2. The van der Waals surface area contributed by atoms with Crippen LogP contribution in [0.1, 0.15) is 0 Å². The third-order valence-corrected chi connectivity index (χ3v) is 3.28. The molecule has 0 N–H and O–H groups in total. The Hall–Kier alpha value is -1.33. The molecule has 2 aromatic rings. The molecule has 1 aromatic heterocycles. The van der Waals surface area contributed by atoms with Crippen LogP contribution in [0, 0.1) is 0 Å². The molecule has 0 radical (unpaired) electrons. The average molecular weight is 272 g/mol. The van der Waals surface area contributed by atoms with E-state index < -0.39 is 9.05 Å². The summed E-state index contributed by atoms with van der Waals surface area (Å²) in [5, 5.41) is 0.943. The van der Waals surface area contributed by atoms with Crippen molar-refractivity contribution in [1.29, 1.82) is 0 Å². The SMILES string of the molecule is O=S(=O)(Cl)CCOc1cnc2ccccc2c1. The van der Waals surface area contributed by atoms with Gasteiger partial charge < -0.3 is 4.74 Å².